The van der Waals surface area contributed by atoms with Gasteiger partial charge in [-0.1, -0.05) is 30.3 Å². The molecule has 6 nitrogen and oxygen atoms in total. The molecule has 0 aromatic heterocycles. The Hall–Kier alpha value is -2.73. The Morgan fingerprint density at radius 2 is 1.83 bits per heavy atom. The minimum absolute atomic E-state index is 0.00334. The highest BCUT2D eigenvalue weighted by molar-refractivity contribution is 6.00. The number of benzene rings is 1. The Labute approximate surface area is 171 Å². The first kappa shape index (κ1) is 21.0. The van der Waals surface area contributed by atoms with Crippen LogP contribution < -0.4 is 0 Å². The Kier molecular flexibility index (Phi) is 6.64. The van der Waals surface area contributed by atoms with E-state index in [4.69, 9.17) is 4.74 Å². The van der Waals surface area contributed by atoms with Gasteiger partial charge in [0.05, 0.1) is 7.11 Å². The monoisotopic (exact) mass is 397 g/mol. The Morgan fingerprint density at radius 1 is 1.10 bits per heavy atom. The minimum atomic E-state index is -0.494. The number of ketones is 1. The number of likely N-dealkylation sites (N-methyl/N-ethyl adjacent to an activating group) is 1. The molecular formula is C23H27NO5. The number of esters is 2. The van der Waals surface area contributed by atoms with Crippen LogP contribution in [-0.4, -0.2) is 55.0 Å². The third kappa shape index (κ3) is 5.01. The van der Waals surface area contributed by atoms with Gasteiger partial charge >= 0.3 is 11.9 Å². The summed E-state index contributed by atoms with van der Waals surface area (Å²) in [4.78, 5) is 38.7. The van der Waals surface area contributed by atoms with E-state index < -0.39 is 5.97 Å². The van der Waals surface area contributed by atoms with Crippen LogP contribution in [0.5, 0.6) is 0 Å². The molecule has 4 atom stereocenters. The van der Waals surface area contributed by atoms with Gasteiger partial charge < -0.3 is 9.47 Å². The zero-order valence-corrected chi connectivity index (χ0v) is 17.0. The number of carbonyl (C=O) groups is 3. The summed E-state index contributed by atoms with van der Waals surface area (Å²) in [6, 6.07) is 9.76. The van der Waals surface area contributed by atoms with E-state index in [1.165, 1.54) is 19.3 Å². The van der Waals surface area contributed by atoms with Crippen molar-refractivity contribution >= 4 is 23.8 Å². The molecule has 1 aromatic rings. The smallest absolute Gasteiger partial charge is 0.333 e. The first-order valence-corrected chi connectivity index (χ1v) is 9.85. The lowest BCUT2D eigenvalue weighted by molar-refractivity contribution is -0.144. The van der Waals surface area contributed by atoms with E-state index in [1.54, 1.807) is 13.0 Å². The van der Waals surface area contributed by atoms with Crippen molar-refractivity contribution in [2.75, 3.05) is 14.2 Å². The van der Waals surface area contributed by atoms with Gasteiger partial charge in [-0.15, -0.1) is 0 Å². The van der Waals surface area contributed by atoms with Crippen molar-refractivity contribution in [3.8, 4) is 0 Å². The molecule has 0 N–H and O–H groups in total. The molecule has 0 aliphatic carbocycles. The van der Waals surface area contributed by atoms with Crippen LogP contribution in [0.15, 0.2) is 48.1 Å². The van der Waals surface area contributed by atoms with Gasteiger partial charge in [0.15, 0.2) is 5.78 Å². The fourth-order valence-corrected chi connectivity index (χ4v) is 4.25. The number of piperidine rings is 1. The molecule has 29 heavy (non-hydrogen) atoms. The van der Waals surface area contributed by atoms with Crippen molar-refractivity contribution < 1.29 is 23.9 Å². The van der Waals surface area contributed by atoms with Gasteiger partial charge in [-0.3, -0.25) is 9.69 Å². The minimum Gasteiger partial charge on any atom is -0.466 e. The normalized spacial score (nSPS) is 27.1. The first-order chi connectivity index (χ1) is 13.9. The van der Waals surface area contributed by atoms with Crippen molar-refractivity contribution in [2.24, 2.45) is 5.92 Å². The number of hydrogen-bond donors (Lipinski definition) is 0. The maximum Gasteiger partial charge on any atom is 0.333 e. The third-order valence-corrected chi connectivity index (χ3v) is 5.86. The van der Waals surface area contributed by atoms with E-state index in [0.717, 1.165) is 12.0 Å². The predicted octanol–water partition coefficient (Wildman–Crippen LogP) is 2.78. The summed E-state index contributed by atoms with van der Waals surface area (Å²) in [7, 11) is 3.31. The lowest BCUT2D eigenvalue weighted by Gasteiger charge is -2.35. The summed E-state index contributed by atoms with van der Waals surface area (Å²) in [5, 5.41) is 0. The van der Waals surface area contributed by atoms with Gasteiger partial charge in [-0.25, -0.2) is 9.59 Å². The zero-order chi connectivity index (χ0) is 21.0. The molecule has 2 bridgehead atoms. The quantitative estimate of drug-likeness (QED) is 0.543. The molecule has 1 aromatic carbocycles. The standard InChI is InChI=1S/C23H27NO5/c1-15(23(27)28-3)11-20(25)17-12-18-14-21(19(13-17)24(18)2)29-22(26)10-9-16-7-5-4-6-8-16/h4-11,17-19,21H,12-14H2,1-3H3/b10-9+,15-11+/t17-,18-,19+,21-/m1/s1. The number of nitrogens with zero attached hydrogens (tertiary/aromatic N) is 1. The lowest BCUT2D eigenvalue weighted by Crippen LogP contribution is -2.44. The van der Waals surface area contributed by atoms with E-state index in [1.807, 2.05) is 37.4 Å². The first-order valence-electron chi connectivity index (χ1n) is 9.85. The number of carbonyl (C=O) groups excluding carboxylic acids is 3. The van der Waals surface area contributed by atoms with Crippen LogP contribution in [-0.2, 0) is 23.9 Å². The lowest BCUT2D eigenvalue weighted by atomic mass is 9.87. The van der Waals surface area contributed by atoms with Crippen molar-refractivity contribution in [1.82, 2.24) is 4.90 Å². The van der Waals surface area contributed by atoms with Crippen LogP contribution in [0.25, 0.3) is 6.08 Å². The fraction of sp³-hybridized carbons (Fsp3) is 0.435. The molecule has 0 amide bonds. The Morgan fingerprint density at radius 3 is 2.52 bits per heavy atom. The summed E-state index contributed by atoms with van der Waals surface area (Å²) in [5.74, 6) is -1.10. The highest BCUT2D eigenvalue weighted by Gasteiger charge is 2.47. The van der Waals surface area contributed by atoms with Crippen molar-refractivity contribution in [2.45, 2.75) is 44.4 Å². The van der Waals surface area contributed by atoms with Crippen LogP contribution in [0.3, 0.4) is 0 Å². The second-order valence-electron chi connectivity index (χ2n) is 7.73. The molecule has 2 heterocycles. The average Bonchev–Trinajstić information content (AvgIpc) is 2.89. The van der Waals surface area contributed by atoms with E-state index in [-0.39, 0.29) is 35.9 Å². The average molecular weight is 397 g/mol. The maximum atomic E-state index is 12.6. The second kappa shape index (κ2) is 9.18. The molecule has 2 saturated heterocycles. The van der Waals surface area contributed by atoms with E-state index in [0.29, 0.717) is 18.4 Å². The summed E-state index contributed by atoms with van der Waals surface area (Å²) >= 11 is 0. The van der Waals surface area contributed by atoms with Crippen LogP contribution in [0.1, 0.15) is 31.7 Å². The molecule has 6 heteroatoms. The fourth-order valence-electron chi connectivity index (χ4n) is 4.25. The SMILES string of the molecule is COC(=O)/C(C)=C/C(=O)[C@@H]1C[C@@H]2C[C@@H](OC(=O)/C=C/c3ccccc3)[C@H](C1)N2C. The second-order valence-corrected chi connectivity index (χ2v) is 7.73. The molecule has 0 radical (unpaired) electrons. The van der Waals surface area contributed by atoms with Crippen molar-refractivity contribution in [3.05, 3.63) is 53.6 Å². The summed E-state index contributed by atoms with van der Waals surface area (Å²) in [6.45, 7) is 1.58. The van der Waals surface area contributed by atoms with E-state index in [2.05, 4.69) is 9.64 Å². The van der Waals surface area contributed by atoms with Gasteiger partial charge in [0.1, 0.15) is 6.10 Å². The molecule has 2 fully saturated rings. The van der Waals surface area contributed by atoms with Gasteiger partial charge in [0.2, 0.25) is 0 Å². The van der Waals surface area contributed by atoms with Crippen molar-refractivity contribution in [3.63, 3.8) is 0 Å². The topological polar surface area (TPSA) is 72.9 Å². The van der Waals surface area contributed by atoms with Gasteiger partial charge in [0.25, 0.3) is 0 Å². The molecule has 0 spiro atoms. The highest BCUT2D eigenvalue weighted by atomic mass is 16.5. The number of fused-ring (bicyclic) bond motifs is 2. The van der Waals surface area contributed by atoms with E-state index >= 15 is 0 Å². The van der Waals surface area contributed by atoms with Crippen molar-refractivity contribution in [1.29, 1.82) is 0 Å². The third-order valence-electron chi connectivity index (χ3n) is 5.86. The molecule has 2 aliphatic heterocycles. The Balaban J connectivity index is 1.61. The Bertz CT molecular complexity index is 829. The highest BCUT2D eigenvalue weighted by Crippen LogP contribution is 2.39. The van der Waals surface area contributed by atoms with Gasteiger partial charge in [-0.05, 0) is 44.5 Å². The molecule has 0 saturated carbocycles. The molecule has 2 aliphatic rings. The molecule has 3 rings (SSSR count). The van der Waals surface area contributed by atoms with Crippen LogP contribution in [0, 0.1) is 5.92 Å². The van der Waals surface area contributed by atoms with Crippen LogP contribution in [0.2, 0.25) is 0 Å². The van der Waals surface area contributed by atoms with Gasteiger partial charge in [0, 0.05) is 36.1 Å². The van der Waals surface area contributed by atoms with E-state index in [9.17, 15) is 14.4 Å². The summed E-state index contributed by atoms with van der Waals surface area (Å²) < 4.78 is 10.4. The molecule has 154 valence electrons. The largest absolute Gasteiger partial charge is 0.466 e. The number of ether oxygens (including phenoxy) is 2. The molecule has 0 unspecified atom stereocenters. The number of rotatable bonds is 6. The predicted molar refractivity (Wildman–Crippen MR) is 109 cm³/mol. The summed E-state index contributed by atoms with van der Waals surface area (Å²) in [6.07, 6.45) is 6.35. The molecular weight excluding hydrogens is 370 g/mol. The van der Waals surface area contributed by atoms with Crippen LogP contribution in [0.4, 0.5) is 0 Å². The van der Waals surface area contributed by atoms with Gasteiger partial charge in [-0.2, -0.15) is 0 Å². The number of hydrogen-bond acceptors (Lipinski definition) is 6. The maximum absolute atomic E-state index is 12.6. The zero-order valence-electron chi connectivity index (χ0n) is 17.0. The number of methoxy groups -OCH3 is 1. The number of allylic oxidation sites excluding steroid dienone is 1. The van der Waals surface area contributed by atoms with Crippen LogP contribution >= 0.6 is 0 Å². The summed E-state index contributed by atoms with van der Waals surface area (Å²) in [5.41, 5.74) is 1.24.